The summed E-state index contributed by atoms with van der Waals surface area (Å²) < 4.78 is 22.5. The highest BCUT2D eigenvalue weighted by Crippen LogP contribution is 2.22. The van der Waals surface area contributed by atoms with E-state index in [2.05, 4.69) is 5.32 Å². The molecule has 1 aromatic rings. The van der Waals surface area contributed by atoms with Crippen molar-refractivity contribution in [3.8, 4) is 0 Å². The minimum Gasteiger partial charge on any atom is -0.397 e. The normalized spacial score (nSPS) is 13.6. The van der Waals surface area contributed by atoms with E-state index in [0.717, 1.165) is 0 Å². The van der Waals surface area contributed by atoms with Crippen LogP contribution in [0.3, 0.4) is 0 Å². The lowest BCUT2D eigenvalue weighted by atomic mass is 10.2. The Morgan fingerprint density at radius 2 is 2.00 bits per heavy atom. The van der Waals surface area contributed by atoms with Gasteiger partial charge in [-0.1, -0.05) is 0 Å². The summed E-state index contributed by atoms with van der Waals surface area (Å²) >= 11 is 0. The number of sulfonamides is 1. The average Bonchev–Trinajstić information content (AvgIpc) is 2.25. The van der Waals surface area contributed by atoms with Crippen molar-refractivity contribution in [3.05, 3.63) is 18.2 Å². The third-order valence-electron chi connectivity index (χ3n) is 2.82. The highest BCUT2D eigenvalue weighted by atomic mass is 32.2. The fourth-order valence-corrected chi connectivity index (χ4v) is 1.85. The molecule has 0 heterocycles. The van der Waals surface area contributed by atoms with Gasteiger partial charge in [0.1, 0.15) is 0 Å². The van der Waals surface area contributed by atoms with Crippen molar-refractivity contribution in [1.29, 1.82) is 0 Å². The number of nitrogens with one attached hydrogen (secondary N) is 1. The maximum absolute atomic E-state index is 11.2. The molecular weight excluding hydrogens is 252 g/mol. The van der Waals surface area contributed by atoms with Gasteiger partial charge in [0.15, 0.2) is 0 Å². The predicted octanol–water partition coefficient (Wildman–Crippen LogP) is 0.278. The molecule has 0 aliphatic heterocycles. The van der Waals surface area contributed by atoms with Crippen molar-refractivity contribution in [1.82, 2.24) is 4.90 Å². The van der Waals surface area contributed by atoms with E-state index < -0.39 is 10.0 Å². The first kappa shape index (κ1) is 14.7. The fourth-order valence-electron chi connectivity index (χ4n) is 1.31. The Kier molecular flexibility index (Phi) is 4.55. The van der Waals surface area contributed by atoms with Crippen LogP contribution in [-0.2, 0) is 10.0 Å². The summed E-state index contributed by atoms with van der Waals surface area (Å²) in [6.07, 6.45) is 0. The highest BCUT2D eigenvalue weighted by molar-refractivity contribution is 7.89. The largest absolute Gasteiger partial charge is 0.397 e. The van der Waals surface area contributed by atoms with Gasteiger partial charge in [0.05, 0.1) is 16.3 Å². The number of benzene rings is 1. The summed E-state index contributed by atoms with van der Waals surface area (Å²) in [6, 6.07) is 4.67. The molecule has 6 nitrogen and oxygen atoms in total. The molecule has 1 aromatic carbocycles. The topological polar surface area (TPSA) is 101 Å². The number of hydrogen-bond donors (Lipinski definition) is 3. The molecule has 0 spiro atoms. The zero-order valence-corrected chi connectivity index (χ0v) is 11.7. The molecule has 1 atom stereocenters. The van der Waals surface area contributed by atoms with Crippen LogP contribution in [0.15, 0.2) is 23.1 Å². The lowest BCUT2D eigenvalue weighted by molar-refractivity contribution is 0.326. The number of hydrogen-bond acceptors (Lipinski definition) is 5. The van der Waals surface area contributed by atoms with Crippen LogP contribution in [0, 0.1) is 0 Å². The smallest absolute Gasteiger partial charge is 0.238 e. The van der Waals surface area contributed by atoms with Gasteiger partial charge < -0.3 is 16.0 Å². The van der Waals surface area contributed by atoms with Gasteiger partial charge in [-0.25, -0.2) is 13.6 Å². The van der Waals surface area contributed by atoms with Crippen molar-refractivity contribution in [2.24, 2.45) is 5.14 Å². The van der Waals surface area contributed by atoms with E-state index >= 15 is 0 Å². The monoisotopic (exact) mass is 272 g/mol. The number of nitrogens with two attached hydrogens (primary N) is 2. The molecule has 0 aliphatic rings. The number of nitrogens with zero attached hydrogens (tertiary/aromatic N) is 1. The molecule has 18 heavy (non-hydrogen) atoms. The molecule has 0 aromatic heterocycles. The van der Waals surface area contributed by atoms with Crippen molar-refractivity contribution in [2.75, 3.05) is 31.7 Å². The van der Waals surface area contributed by atoms with Gasteiger partial charge >= 0.3 is 0 Å². The minimum absolute atomic E-state index is 0.0525. The maximum Gasteiger partial charge on any atom is 0.238 e. The summed E-state index contributed by atoms with van der Waals surface area (Å²) in [5, 5.41) is 8.20. The Balaban J connectivity index is 2.89. The molecule has 0 fully saturated rings. The number of nitrogen functional groups attached to an aromatic ring is 1. The van der Waals surface area contributed by atoms with Crippen LogP contribution in [0.2, 0.25) is 0 Å². The first-order valence-electron chi connectivity index (χ1n) is 5.54. The van der Waals surface area contributed by atoms with Gasteiger partial charge in [-0.05, 0) is 39.2 Å². The standard InChI is InChI=1S/C11H20N4O2S/c1-8(15(2)3)7-14-11-6-9(18(13,16)17)4-5-10(11)12/h4-6,8,14H,7,12H2,1-3H3,(H2,13,16,17). The van der Waals surface area contributed by atoms with E-state index in [0.29, 0.717) is 24.0 Å². The van der Waals surface area contributed by atoms with Crippen LogP contribution in [0.1, 0.15) is 6.92 Å². The van der Waals surface area contributed by atoms with E-state index in [9.17, 15) is 8.42 Å². The van der Waals surface area contributed by atoms with E-state index in [1.165, 1.54) is 18.2 Å². The summed E-state index contributed by atoms with van der Waals surface area (Å²) in [6.45, 7) is 2.71. The predicted molar refractivity (Wildman–Crippen MR) is 73.9 cm³/mol. The second kappa shape index (κ2) is 5.55. The number of rotatable bonds is 5. The molecule has 0 amide bonds. The Hall–Kier alpha value is -1.31. The van der Waals surface area contributed by atoms with Crippen LogP contribution in [0.25, 0.3) is 0 Å². The van der Waals surface area contributed by atoms with Crippen molar-refractivity contribution in [3.63, 3.8) is 0 Å². The molecule has 1 rings (SSSR count). The van der Waals surface area contributed by atoms with Gasteiger partial charge in [-0.15, -0.1) is 0 Å². The minimum atomic E-state index is -3.70. The first-order chi connectivity index (χ1) is 8.21. The molecule has 0 saturated heterocycles. The zero-order valence-electron chi connectivity index (χ0n) is 10.8. The maximum atomic E-state index is 11.2. The second-order valence-corrected chi connectivity index (χ2v) is 6.05. The summed E-state index contributed by atoms with van der Waals surface area (Å²) in [4.78, 5) is 2.10. The quantitative estimate of drug-likeness (QED) is 0.668. The van der Waals surface area contributed by atoms with Crippen LogP contribution < -0.4 is 16.2 Å². The number of primary sulfonamides is 1. The van der Waals surface area contributed by atoms with Gasteiger partial charge in [0.2, 0.25) is 10.0 Å². The summed E-state index contributed by atoms with van der Waals surface area (Å²) in [5.41, 5.74) is 6.86. The van der Waals surface area contributed by atoms with Gasteiger partial charge in [0.25, 0.3) is 0 Å². The molecule has 0 saturated carbocycles. The van der Waals surface area contributed by atoms with E-state index in [1.54, 1.807) is 0 Å². The van der Waals surface area contributed by atoms with E-state index in [1.807, 2.05) is 25.9 Å². The summed E-state index contributed by atoms with van der Waals surface area (Å²) in [5.74, 6) is 0. The third kappa shape index (κ3) is 3.86. The molecule has 7 heteroatoms. The molecular formula is C11H20N4O2S. The van der Waals surface area contributed by atoms with Gasteiger partial charge in [-0.3, -0.25) is 0 Å². The zero-order chi connectivity index (χ0) is 13.9. The van der Waals surface area contributed by atoms with Crippen molar-refractivity contribution >= 4 is 21.4 Å². The van der Waals surface area contributed by atoms with Crippen molar-refractivity contribution in [2.45, 2.75) is 17.9 Å². The van der Waals surface area contributed by atoms with Crippen molar-refractivity contribution < 1.29 is 8.42 Å². The average molecular weight is 272 g/mol. The highest BCUT2D eigenvalue weighted by Gasteiger charge is 2.11. The second-order valence-electron chi connectivity index (χ2n) is 4.49. The van der Waals surface area contributed by atoms with Crippen LogP contribution in [0.5, 0.6) is 0 Å². The lowest BCUT2D eigenvalue weighted by Crippen LogP contribution is -2.31. The first-order valence-corrected chi connectivity index (χ1v) is 7.09. The molecule has 5 N–H and O–H groups in total. The Bertz CT molecular complexity index is 514. The number of likely N-dealkylation sites (N-methyl/N-ethyl adjacent to an activating group) is 1. The fraction of sp³-hybridized carbons (Fsp3) is 0.455. The lowest BCUT2D eigenvalue weighted by Gasteiger charge is -2.21. The molecule has 1 unspecified atom stereocenters. The Morgan fingerprint density at radius 1 is 1.39 bits per heavy atom. The number of anilines is 2. The van der Waals surface area contributed by atoms with Crippen LogP contribution in [0.4, 0.5) is 11.4 Å². The Labute approximate surface area is 108 Å². The van der Waals surface area contributed by atoms with Crippen LogP contribution >= 0.6 is 0 Å². The SMILES string of the molecule is CC(CNc1cc(S(N)(=O)=O)ccc1N)N(C)C. The van der Waals surface area contributed by atoms with Crippen LogP contribution in [-0.4, -0.2) is 40.0 Å². The Morgan fingerprint density at radius 3 is 2.50 bits per heavy atom. The van der Waals surface area contributed by atoms with Gasteiger partial charge in [0, 0.05) is 12.6 Å². The molecule has 102 valence electrons. The van der Waals surface area contributed by atoms with E-state index in [-0.39, 0.29) is 4.90 Å². The molecule has 0 radical (unpaired) electrons. The van der Waals surface area contributed by atoms with Gasteiger partial charge in [-0.2, -0.15) is 0 Å². The third-order valence-corrected chi connectivity index (χ3v) is 3.73. The summed E-state index contributed by atoms with van der Waals surface area (Å²) in [7, 11) is 0.234. The molecule has 0 aliphatic carbocycles. The van der Waals surface area contributed by atoms with E-state index in [4.69, 9.17) is 10.9 Å². The molecule has 0 bridgehead atoms.